The maximum absolute atomic E-state index is 11.3. The monoisotopic (exact) mass is 199 g/mol. The molecule has 1 saturated carbocycles. The van der Waals surface area contributed by atoms with E-state index in [2.05, 4.69) is 5.32 Å². The summed E-state index contributed by atoms with van der Waals surface area (Å²) in [5.41, 5.74) is 0. The second-order valence-corrected chi connectivity index (χ2v) is 4.66. The van der Waals surface area contributed by atoms with Crippen LogP contribution in [0.5, 0.6) is 0 Å². The molecule has 3 nitrogen and oxygen atoms in total. The maximum Gasteiger partial charge on any atom is 0.220 e. The van der Waals surface area contributed by atoms with Gasteiger partial charge in [0.15, 0.2) is 0 Å². The van der Waals surface area contributed by atoms with Gasteiger partial charge in [-0.1, -0.05) is 20.3 Å². The van der Waals surface area contributed by atoms with E-state index in [-0.39, 0.29) is 17.9 Å². The minimum atomic E-state index is -0.200. The van der Waals surface area contributed by atoms with Gasteiger partial charge in [0.05, 0.1) is 6.10 Å². The predicted molar refractivity (Wildman–Crippen MR) is 55.8 cm³/mol. The van der Waals surface area contributed by atoms with Crippen LogP contribution in [0.1, 0.15) is 39.5 Å². The number of aliphatic hydroxyl groups is 1. The molecule has 2 N–H and O–H groups in total. The van der Waals surface area contributed by atoms with E-state index in [4.69, 9.17) is 0 Å². The number of hydrogen-bond acceptors (Lipinski definition) is 2. The molecule has 0 bridgehead atoms. The zero-order valence-corrected chi connectivity index (χ0v) is 9.12. The topological polar surface area (TPSA) is 49.3 Å². The van der Waals surface area contributed by atoms with Crippen molar-refractivity contribution >= 4 is 5.91 Å². The molecule has 1 fully saturated rings. The molecular weight excluding hydrogens is 178 g/mol. The van der Waals surface area contributed by atoms with Crippen LogP contribution in [0.15, 0.2) is 0 Å². The molecule has 1 aliphatic carbocycles. The Morgan fingerprint density at radius 2 is 2.21 bits per heavy atom. The van der Waals surface area contributed by atoms with Crippen molar-refractivity contribution in [3.63, 3.8) is 0 Å². The molecule has 1 rings (SSSR count). The number of hydrogen-bond donors (Lipinski definition) is 2. The Balaban J connectivity index is 2.16. The van der Waals surface area contributed by atoms with Crippen LogP contribution in [0.2, 0.25) is 0 Å². The third-order valence-corrected chi connectivity index (χ3v) is 2.77. The van der Waals surface area contributed by atoms with Crippen LogP contribution in [0, 0.1) is 11.8 Å². The molecule has 0 aliphatic heterocycles. The van der Waals surface area contributed by atoms with Gasteiger partial charge in [0, 0.05) is 18.9 Å². The van der Waals surface area contributed by atoms with E-state index in [1.54, 1.807) is 0 Å². The van der Waals surface area contributed by atoms with Gasteiger partial charge in [0.2, 0.25) is 5.91 Å². The van der Waals surface area contributed by atoms with Crippen molar-refractivity contribution in [3.05, 3.63) is 0 Å². The summed E-state index contributed by atoms with van der Waals surface area (Å²) in [6, 6.07) is 0. The SMILES string of the molecule is CC(C)CC(=O)NCC1CCCC1O. The molecule has 0 aromatic carbocycles. The Hall–Kier alpha value is -0.570. The highest BCUT2D eigenvalue weighted by molar-refractivity contribution is 5.76. The number of carbonyl (C=O) groups is 1. The Morgan fingerprint density at radius 1 is 1.50 bits per heavy atom. The van der Waals surface area contributed by atoms with Gasteiger partial charge in [0.1, 0.15) is 0 Å². The molecule has 0 aromatic heterocycles. The van der Waals surface area contributed by atoms with Gasteiger partial charge in [-0.25, -0.2) is 0 Å². The average molecular weight is 199 g/mol. The maximum atomic E-state index is 11.3. The summed E-state index contributed by atoms with van der Waals surface area (Å²) in [4.78, 5) is 11.3. The summed E-state index contributed by atoms with van der Waals surface area (Å²) in [6.07, 6.45) is 3.41. The Morgan fingerprint density at radius 3 is 2.71 bits per heavy atom. The summed E-state index contributed by atoms with van der Waals surface area (Å²) in [5, 5.41) is 12.4. The molecule has 14 heavy (non-hydrogen) atoms. The molecule has 1 aliphatic rings. The van der Waals surface area contributed by atoms with Crippen molar-refractivity contribution < 1.29 is 9.90 Å². The Bertz CT molecular complexity index is 192. The van der Waals surface area contributed by atoms with E-state index >= 15 is 0 Å². The fourth-order valence-corrected chi connectivity index (χ4v) is 1.94. The fourth-order valence-electron chi connectivity index (χ4n) is 1.94. The smallest absolute Gasteiger partial charge is 0.220 e. The van der Waals surface area contributed by atoms with Crippen LogP contribution in [0.4, 0.5) is 0 Å². The van der Waals surface area contributed by atoms with E-state index in [1.807, 2.05) is 13.8 Å². The van der Waals surface area contributed by atoms with Gasteiger partial charge in [0.25, 0.3) is 0 Å². The van der Waals surface area contributed by atoms with Gasteiger partial charge < -0.3 is 10.4 Å². The number of carbonyl (C=O) groups excluding carboxylic acids is 1. The van der Waals surface area contributed by atoms with Crippen LogP contribution in [-0.2, 0) is 4.79 Å². The van der Waals surface area contributed by atoms with E-state index in [0.717, 1.165) is 19.3 Å². The van der Waals surface area contributed by atoms with Crippen LogP contribution in [-0.4, -0.2) is 23.7 Å². The van der Waals surface area contributed by atoms with Crippen LogP contribution < -0.4 is 5.32 Å². The molecular formula is C11H21NO2. The lowest BCUT2D eigenvalue weighted by atomic mass is 10.1. The number of amides is 1. The molecule has 0 heterocycles. The normalized spacial score (nSPS) is 26.9. The zero-order valence-electron chi connectivity index (χ0n) is 9.12. The van der Waals surface area contributed by atoms with Crippen molar-refractivity contribution in [1.29, 1.82) is 0 Å². The highest BCUT2D eigenvalue weighted by atomic mass is 16.3. The van der Waals surface area contributed by atoms with Crippen molar-refractivity contribution in [3.8, 4) is 0 Å². The molecule has 82 valence electrons. The van der Waals surface area contributed by atoms with Crippen molar-refractivity contribution in [1.82, 2.24) is 5.32 Å². The Kier molecular flexibility index (Phi) is 4.39. The van der Waals surface area contributed by atoms with Gasteiger partial charge in [-0.3, -0.25) is 4.79 Å². The van der Waals surface area contributed by atoms with E-state index in [1.165, 1.54) is 0 Å². The minimum absolute atomic E-state index is 0.110. The first-order valence-electron chi connectivity index (χ1n) is 5.54. The molecule has 0 saturated heterocycles. The average Bonchev–Trinajstić information content (AvgIpc) is 2.46. The quantitative estimate of drug-likeness (QED) is 0.717. The lowest BCUT2D eigenvalue weighted by molar-refractivity contribution is -0.122. The molecule has 2 unspecified atom stereocenters. The Labute approximate surface area is 85.9 Å². The number of nitrogens with one attached hydrogen (secondary N) is 1. The summed E-state index contributed by atoms with van der Waals surface area (Å²) in [5.74, 6) is 0.800. The van der Waals surface area contributed by atoms with Crippen molar-refractivity contribution in [2.45, 2.75) is 45.6 Å². The molecule has 0 spiro atoms. The first-order chi connectivity index (χ1) is 6.59. The lowest BCUT2D eigenvalue weighted by Crippen LogP contribution is -2.32. The molecule has 0 radical (unpaired) electrons. The summed E-state index contributed by atoms with van der Waals surface area (Å²) in [7, 11) is 0. The predicted octanol–water partition coefficient (Wildman–Crippen LogP) is 1.31. The second kappa shape index (κ2) is 5.35. The standard InChI is InChI=1S/C11H21NO2/c1-8(2)6-11(14)12-7-9-4-3-5-10(9)13/h8-10,13H,3-7H2,1-2H3,(H,12,14). The molecule has 1 amide bonds. The second-order valence-electron chi connectivity index (χ2n) is 4.66. The van der Waals surface area contributed by atoms with Crippen LogP contribution in [0.3, 0.4) is 0 Å². The van der Waals surface area contributed by atoms with Gasteiger partial charge in [-0.15, -0.1) is 0 Å². The summed E-state index contributed by atoms with van der Waals surface area (Å²) in [6.45, 7) is 4.71. The summed E-state index contributed by atoms with van der Waals surface area (Å²) < 4.78 is 0. The highest BCUT2D eigenvalue weighted by Gasteiger charge is 2.25. The number of aliphatic hydroxyl groups excluding tert-OH is 1. The molecule has 2 atom stereocenters. The van der Waals surface area contributed by atoms with Crippen LogP contribution >= 0.6 is 0 Å². The van der Waals surface area contributed by atoms with Crippen LogP contribution in [0.25, 0.3) is 0 Å². The lowest BCUT2D eigenvalue weighted by Gasteiger charge is -2.15. The number of rotatable bonds is 4. The summed E-state index contributed by atoms with van der Waals surface area (Å²) >= 11 is 0. The highest BCUT2D eigenvalue weighted by Crippen LogP contribution is 2.24. The molecule has 3 heteroatoms. The van der Waals surface area contributed by atoms with E-state index < -0.39 is 0 Å². The first-order valence-corrected chi connectivity index (χ1v) is 5.54. The van der Waals surface area contributed by atoms with E-state index in [0.29, 0.717) is 18.9 Å². The third-order valence-electron chi connectivity index (χ3n) is 2.77. The van der Waals surface area contributed by atoms with E-state index in [9.17, 15) is 9.90 Å². The van der Waals surface area contributed by atoms with Gasteiger partial charge in [-0.05, 0) is 18.8 Å². The fraction of sp³-hybridized carbons (Fsp3) is 0.909. The van der Waals surface area contributed by atoms with Crippen molar-refractivity contribution in [2.24, 2.45) is 11.8 Å². The largest absolute Gasteiger partial charge is 0.393 e. The third kappa shape index (κ3) is 3.66. The van der Waals surface area contributed by atoms with Gasteiger partial charge >= 0.3 is 0 Å². The zero-order chi connectivity index (χ0) is 10.6. The molecule has 0 aromatic rings. The van der Waals surface area contributed by atoms with Gasteiger partial charge in [-0.2, -0.15) is 0 Å². The van der Waals surface area contributed by atoms with Crippen molar-refractivity contribution in [2.75, 3.05) is 6.54 Å². The minimum Gasteiger partial charge on any atom is -0.393 e. The first kappa shape index (κ1) is 11.5.